The molecule has 1 heterocycles. The number of alkyl halides is 3. The quantitative estimate of drug-likeness (QED) is 0.905. The molecule has 1 N–H and O–H groups in total. The number of ether oxygens (including phenoxy) is 1. The van der Waals surface area contributed by atoms with Crippen LogP contribution in [0.4, 0.5) is 13.2 Å². The zero-order chi connectivity index (χ0) is 15.6. The Morgan fingerprint density at radius 2 is 1.90 bits per heavy atom. The lowest BCUT2D eigenvalue weighted by Crippen LogP contribution is -2.30. The van der Waals surface area contributed by atoms with Gasteiger partial charge in [-0.05, 0) is 12.1 Å². The molecule has 21 heavy (non-hydrogen) atoms. The Labute approximate surface area is 114 Å². The second kappa shape index (κ2) is 5.16. The van der Waals surface area contributed by atoms with Gasteiger partial charge in [0.25, 0.3) is 5.56 Å². The van der Waals surface area contributed by atoms with Gasteiger partial charge in [-0.15, -0.1) is 13.2 Å². The van der Waals surface area contributed by atoms with Crippen molar-refractivity contribution in [2.45, 2.75) is 6.36 Å². The van der Waals surface area contributed by atoms with E-state index < -0.39 is 28.9 Å². The smallest absolute Gasteiger partial charge is 0.404 e. The van der Waals surface area contributed by atoms with Crippen LogP contribution in [-0.2, 0) is 0 Å². The summed E-state index contributed by atoms with van der Waals surface area (Å²) in [5, 5.41) is 8.74. The molecule has 0 aliphatic carbocycles. The van der Waals surface area contributed by atoms with Crippen LogP contribution in [0.2, 0.25) is 0 Å². The maximum atomic E-state index is 12.3. The minimum absolute atomic E-state index is 0.257. The van der Waals surface area contributed by atoms with E-state index in [0.29, 0.717) is 4.57 Å². The normalized spacial score (nSPS) is 11.0. The van der Waals surface area contributed by atoms with Crippen LogP contribution in [-0.4, -0.2) is 15.9 Å². The van der Waals surface area contributed by atoms with Crippen molar-refractivity contribution in [3.8, 4) is 17.5 Å². The predicted molar refractivity (Wildman–Crippen MR) is 64.1 cm³/mol. The van der Waals surface area contributed by atoms with Gasteiger partial charge in [-0.2, -0.15) is 5.26 Å². The molecular weight excluding hydrogens is 291 g/mol. The first kappa shape index (κ1) is 14.4. The van der Waals surface area contributed by atoms with Crippen molar-refractivity contribution in [2.75, 3.05) is 0 Å². The topological polar surface area (TPSA) is 87.9 Å². The van der Waals surface area contributed by atoms with Crippen LogP contribution in [0.15, 0.2) is 40.1 Å². The van der Waals surface area contributed by atoms with Gasteiger partial charge in [0.1, 0.15) is 11.6 Å². The third-order valence-electron chi connectivity index (χ3n) is 2.41. The summed E-state index contributed by atoms with van der Waals surface area (Å²) in [6.07, 6.45) is -4.10. The van der Waals surface area contributed by atoms with E-state index in [1.54, 1.807) is 0 Å². The zero-order valence-electron chi connectivity index (χ0n) is 10.1. The maximum Gasteiger partial charge on any atom is 0.573 e. The molecule has 0 radical (unpaired) electrons. The molecule has 0 fully saturated rings. The van der Waals surface area contributed by atoms with Crippen molar-refractivity contribution in [3.05, 3.63) is 56.9 Å². The Morgan fingerprint density at radius 3 is 2.52 bits per heavy atom. The van der Waals surface area contributed by atoms with Crippen molar-refractivity contribution < 1.29 is 17.9 Å². The van der Waals surface area contributed by atoms with Crippen LogP contribution in [0, 0.1) is 11.3 Å². The number of hydrogen-bond acceptors (Lipinski definition) is 4. The van der Waals surface area contributed by atoms with Gasteiger partial charge in [-0.1, -0.05) is 12.1 Å². The molecule has 0 bridgehead atoms. The van der Waals surface area contributed by atoms with Gasteiger partial charge in [-0.25, -0.2) is 4.79 Å². The number of para-hydroxylation sites is 2. The number of nitriles is 1. The van der Waals surface area contributed by atoms with Gasteiger partial charge in [0, 0.05) is 6.20 Å². The van der Waals surface area contributed by atoms with E-state index in [2.05, 4.69) is 4.74 Å². The first-order chi connectivity index (χ1) is 9.81. The molecule has 0 saturated carbocycles. The fourth-order valence-corrected chi connectivity index (χ4v) is 1.60. The van der Waals surface area contributed by atoms with Crippen LogP contribution in [0.1, 0.15) is 5.56 Å². The van der Waals surface area contributed by atoms with Crippen molar-refractivity contribution in [1.82, 2.24) is 9.55 Å². The molecule has 6 nitrogen and oxygen atoms in total. The summed E-state index contributed by atoms with van der Waals surface area (Å²) in [6, 6.07) is 6.38. The minimum Gasteiger partial charge on any atom is -0.404 e. The average molecular weight is 297 g/mol. The summed E-state index contributed by atoms with van der Waals surface area (Å²) in [5.74, 6) is -0.636. The molecule has 0 aliphatic rings. The van der Waals surface area contributed by atoms with Crippen LogP contribution in [0.3, 0.4) is 0 Å². The van der Waals surface area contributed by atoms with E-state index in [-0.39, 0.29) is 5.69 Å². The average Bonchev–Trinajstić information content (AvgIpc) is 2.38. The van der Waals surface area contributed by atoms with Crippen LogP contribution in [0.25, 0.3) is 5.69 Å². The fourth-order valence-electron chi connectivity index (χ4n) is 1.60. The summed E-state index contributed by atoms with van der Waals surface area (Å²) in [7, 11) is 0. The van der Waals surface area contributed by atoms with Crippen molar-refractivity contribution in [3.63, 3.8) is 0 Å². The number of aromatic amines is 1. The summed E-state index contributed by atoms with van der Waals surface area (Å²) < 4.78 is 41.5. The minimum atomic E-state index is -4.94. The van der Waals surface area contributed by atoms with Crippen molar-refractivity contribution in [1.29, 1.82) is 5.26 Å². The van der Waals surface area contributed by atoms with Crippen LogP contribution < -0.4 is 16.0 Å². The van der Waals surface area contributed by atoms with E-state index in [1.807, 2.05) is 4.98 Å². The van der Waals surface area contributed by atoms with E-state index in [0.717, 1.165) is 12.3 Å². The molecule has 2 rings (SSSR count). The molecule has 0 atom stereocenters. The molecule has 1 aromatic heterocycles. The van der Waals surface area contributed by atoms with Crippen LogP contribution >= 0.6 is 0 Å². The van der Waals surface area contributed by atoms with Gasteiger partial charge < -0.3 is 4.74 Å². The number of nitrogens with one attached hydrogen (secondary N) is 1. The van der Waals surface area contributed by atoms with Crippen LogP contribution in [0.5, 0.6) is 5.75 Å². The first-order valence-corrected chi connectivity index (χ1v) is 5.43. The Hall–Kier alpha value is -3.02. The van der Waals surface area contributed by atoms with Gasteiger partial charge in [0.05, 0.1) is 5.69 Å². The third kappa shape index (κ3) is 3.11. The van der Waals surface area contributed by atoms with E-state index in [4.69, 9.17) is 5.26 Å². The molecule has 108 valence electrons. The molecule has 0 aliphatic heterocycles. The Kier molecular flexibility index (Phi) is 3.54. The van der Waals surface area contributed by atoms with E-state index >= 15 is 0 Å². The molecule has 9 heteroatoms. The number of nitrogens with zero attached hydrogens (tertiary/aromatic N) is 2. The summed E-state index contributed by atoms with van der Waals surface area (Å²) in [6.45, 7) is 0. The van der Waals surface area contributed by atoms with Gasteiger partial charge in [0.2, 0.25) is 0 Å². The van der Waals surface area contributed by atoms with Crippen molar-refractivity contribution in [2.24, 2.45) is 0 Å². The number of H-pyrrole nitrogens is 1. The van der Waals surface area contributed by atoms with E-state index in [9.17, 15) is 22.8 Å². The van der Waals surface area contributed by atoms with Gasteiger partial charge in [0.15, 0.2) is 5.75 Å². The number of aromatic nitrogens is 2. The van der Waals surface area contributed by atoms with Crippen molar-refractivity contribution >= 4 is 0 Å². The monoisotopic (exact) mass is 297 g/mol. The number of rotatable bonds is 2. The molecular formula is C12H6F3N3O3. The standard InChI is InChI=1S/C12H6F3N3O3/c13-12(14,15)21-9-4-2-1-3-8(9)18-6-7(5-16)10(19)17-11(18)20/h1-4,6H,(H,17,19,20). The second-order valence-electron chi connectivity index (χ2n) is 3.80. The lowest BCUT2D eigenvalue weighted by molar-refractivity contribution is -0.274. The second-order valence-corrected chi connectivity index (χ2v) is 3.80. The fraction of sp³-hybridized carbons (Fsp3) is 0.0833. The van der Waals surface area contributed by atoms with Gasteiger partial charge in [-0.3, -0.25) is 14.3 Å². The lowest BCUT2D eigenvalue weighted by Gasteiger charge is -2.14. The number of benzene rings is 1. The largest absolute Gasteiger partial charge is 0.573 e. The zero-order valence-corrected chi connectivity index (χ0v) is 10.1. The SMILES string of the molecule is N#Cc1cn(-c2ccccc2OC(F)(F)F)c(=O)[nH]c1=O. The highest BCUT2D eigenvalue weighted by Gasteiger charge is 2.32. The highest BCUT2D eigenvalue weighted by atomic mass is 19.4. The maximum absolute atomic E-state index is 12.3. The molecule has 0 saturated heterocycles. The predicted octanol–water partition coefficient (Wildman–Crippen LogP) is 1.30. The summed E-state index contributed by atoms with van der Waals surface area (Å²) >= 11 is 0. The summed E-state index contributed by atoms with van der Waals surface area (Å²) in [5.41, 5.74) is -2.59. The number of hydrogen-bond donors (Lipinski definition) is 1. The first-order valence-electron chi connectivity index (χ1n) is 5.43. The highest BCUT2D eigenvalue weighted by Crippen LogP contribution is 2.27. The molecule has 0 spiro atoms. The Morgan fingerprint density at radius 1 is 1.24 bits per heavy atom. The molecule has 0 unspecified atom stereocenters. The highest BCUT2D eigenvalue weighted by molar-refractivity contribution is 5.47. The Balaban J connectivity index is 2.66. The Bertz CT molecular complexity index is 830. The van der Waals surface area contributed by atoms with E-state index in [1.165, 1.54) is 24.3 Å². The molecule has 2 aromatic rings. The lowest BCUT2D eigenvalue weighted by atomic mass is 10.2. The van der Waals surface area contributed by atoms with Gasteiger partial charge >= 0.3 is 12.1 Å². The number of halogens is 3. The molecule has 0 amide bonds. The summed E-state index contributed by atoms with van der Waals surface area (Å²) in [4.78, 5) is 24.8. The third-order valence-corrected chi connectivity index (χ3v) is 2.41. The molecule has 1 aromatic carbocycles.